The van der Waals surface area contributed by atoms with Gasteiger partial charge in [0.05, 0.1) is 16.0 Å². The van der Waals surface area contributed by atoms with Gasteiger partial charge in [0.1, 0.15) is 0 Å². The zero-order chi connectivity index (χ0) is 23.8. The minimum Gasteiger partial charge on any atom is -0.408 e. The lowest BCUT2D eigenvalue weighted by Gasteiger charge is -2.15. The average Bonchev–Trinajstić information content (AvgIpc) is 3.39. The van der Waals surface area contributed by atoms with Crippen molar-refractivity contribution in [2.24, 2.45) is 0 Å². The number of hydrogen-bond acceptors (Lipinski definition) is 5. The SMILES string of the molecule is O=C(CCn1c(=O)oc2cc(S(=O)(=O)N3CCCC3)ccc21)Nc1ccc(C(F)(F)F)cc1. The molecule has 1 N–H and O–H groups in total. The largest absolute Gasteiger partial charge is 0.419 e. The van der Waals surface area contributed by atoms with Gasteiger partial charge in [0.25, 0.3) is 0 Å². The van der Waals surface area contributed by atoms with Crippen LogP contribution in [0.1, 0.15) is 24.8 Å². The number of nitrogens with zero attached hydrogens (tertiary/aromatic N) is 2. The Morgan fingerprint density at radius 3 is 2.36 bits per heavy atom. The highest BCUT2D eigenvalue weighted by Crippen LogP contribution is 2.30. The highest BCUT2D eigenvalue weighted by molar-refractivity contribution is 7.89. The van der Waals surface area contributed by atoms with Gasteiger partial charge in [-0.3, -0.25) is 9.36 Å². The molecule has 0 spiro atoms. The van der Waals surface area contributed by atoms with Crippen LogP contribution in [0.3, 0.4) is 0 Å². The van der Waals surface area contributed by atoms with Gasteiger partial charge in [-0.05, 0) is 49.2 Å². The van der Waals surface area contributed by atoms with E-state index in [2.05, 4.69) is 5.32 Å². The number of oxazole rings is 1. The minimum atomic E-state index is -4.47. The third kappa shape index (κ3) is 4.81. The molecule has 3 aromatic rings. The number of rotatable bonds is 6. The molecule has 1 aliphatic rings. The lowest BCUT2D eigenvalue weighted by Crippen LogP contribution is -2.27. The van der Waals surface area contributed by atoms with Crippen molar-refractivity contribution in [1.29, 1.82) is 0 Å². The van der Waals surface area contributed by atoms with E-state index in [0.717, 1.165) is 37.1 Å². The Kier molecular flexibility index (Phi) is 6.06. The molecule has 1 saturated heterocycles. The second-order valence-electron chi connectivity index (χ2n) is 7.63. The number of carbonyl (C=O) groups is 1. The summed E-state index contributed by atoms with van der Waals surface area (Å²) in [6, 6.07) is 8.14. The quantitative estimate of drug-likeness (QED) is 0.579. The van der Waals surface area contributed by atoms with Crippen LogP contribution in [0.15, 0.2) is 56.6 Å². The number of hydrogen-bond donors (Lipinski definition) is 1. The number of aromatic nitrogens is 1. The zero-order valence-electron chi connectivity index (χ0n) is 17.3. The number of aryl methyl sites for hydroxylation is 1. The topological polar surface area (TPSA) is 102 Å². The summed E-state index contributed by atoms with van der Waals surface area (Å²) in [5, 5.41) is 2.47. The number of carbonyl (C=O) groups excluding carboxylic acids is 1. The third-order valence-electron chi connectivity index (χ3n) is 5.40. The molecule has 4 rings (SSSR count). The maximum Gasteiger partial charge on any atom is 0.419 e. The van der Waals surface area contributed by atoms with Crippen molar-refractivity contribution in [1.82, 2.24) is 8.87 Å². The molecule has 176 valence electrons. The van der Waals surface area contributed by atoms with Crippen molar-refractivity contribution < 1.29 is 30.8 Å². The van der Waals surface area contributed by atoms with Crippen LogP contribution >= 0.6 is 0 Å². The third-order valence-corrected chi connectivity index (χ3v) is 7.30. The molecule has 0 atom stereocenters. The molecular formula is C21H20F3N3O5S. The lowest BCUT2D eigenvalue weighted by molar-refractivity contribution is -0.137. The molecule has 1 fully saturated rings. The number of sulfonamides is 1. The maximum absolute atomic E-state index is 12.7. The number of benzene rings is 2. The number of alkyl halides is 3. The number of amides is 1. The van der Waals surface area contributed by atoms with Gasteiger partial charge >= 0.3 is 11.9 Å². The molecule has 2 aromatic carbocycles. The fourth-order valence-electron chi connectivity index (χ4n) is 3.68. The first-order valence-electron chi connectivity index (χ1n) is 10.2. The molecule has 0 radical (unpaired) electrons. The van der Waals surface area contributed by atoms with Crippen LogP contribution in [0.5, 0.6) is 0 Å². The summed E-state index contributed by atoms with van der Waals surface area (Å²) in [5.41, 5.74) is -0.219. The van der Waals surface area contributed by atoms with Crippen LogP contribution in [-0.2, 0) is 27.5 Å². The van der Waals surface area contributed by atoms with Crippen molar-refractivity contribution in [3.63, 3.8) is 0 Å². The van der Waals surface area contributed by atoms with Gasteiger partial charge in [-0.25, -0.2) is 13.2 Å². The smallest absolute Gasteiger partial charge is 0.408 e. The average molecular weight is 483 g/mol. The van der Waals surface area contributed by atoms with E-state index in [1.165, 1.54) is 27.1 Å². The Hall–Kier alpha value is -3.12. The van der Waals surface area contributed by atoms with Crippen LogP contribution in [0, 0.1) is 0 Å². The van der Waals surface area contributed by atoms with Crippen LogP contribution in [0.2, 0.25) is 0 Å². The first-order valence-corrected chi connectivity index (χ1v) is 11.6. The van der Waals surface area contributed by atoms with E-state index in [-0.39, 0.29) is 29.1 Å². The number of fused-ring (bicyclic) bond motifs is 1. The summed E-state index contributed by atoms with van der Waals surface area (Å²) in [5.74, 6) is -1.26. The number of nitrogens with one attached hydrogen (secondary N) is 1. The van der Waals surface area contributed by atoms with E-state index in [1.807, 2.05) is 0 Å². The summed E-state index contributed by atoms with van der Waals surface area (Å²) >= 11 is 0. The molecule has 12 heteroatoms. The highest BCUT2D eigenvalue weighted by atomic mass is 32.2. The van der Waals surface area contributed by atoms with Gasteiger partial charge in [-0.15, -0.1) is 0 Å². The van der Waals surface area contributed by atoms with E-state index in [4.69, 9.17) is 4.42 Å². The second kappa shape index (κ2) is 8.67. The van der Waals surface area contributed by atoms with Crippen LogP contribution in [0.25, 0.3) is 11.1 Å². The Morgan fingerprint density at radius 1 is 1.06 bits per heavy atom. The van der Waals surface area contributed by atoms with Crippen molar-refractivity contribution in [2.75, 3.05) is 18.4 Å². The lowest BCUT2D eigenvalue weighted by atomic mass is 10.2. The van der Waals surface area contributed by atoms with E-state index < -0.39 is 33.4 Å². The first kappa shape index (κ1) is 23.1. The van der Waals surface area contributed by atoms with Crippen molar-refractivity contribution in [2.45, 2.75) is 36.9 Å². The second-order valence-corrected chi connectivity index (χ2v) is 9.57. The molecule has 33 heavy (non-hydrogen) atoms. The van der Waals surface area contributed by atoms with Gasteiger partial charge in [-0.2, -0.15) is 17.5 Å². The first-order chi connectivity index (χ1) is 15.6. The molecular weight excluding hydrogens is 463 g/mol. The standard InChI is InChI=1S/C21H20F3N3O5S/c22-21(23,24)14-3-5-15(6-4-14)25-19(28)9-12-27-17-8-7-16(13-18(17)32-20(27)29)33(30,31)26-10-1-2-11-26/h3-8,13H,1-2,9-12H2,(H,25,28). The summed E-state index contributed by atoms with van der Waals surface area (Å²) in [6.07, 6.45) is -3.04. The van der Waals surface area contributed by atoms with Gasteiger partial charge in [0.2, 0.25) is 15.9 Å². The van der Waals surface area contributed by atoms with E-state index >= 15 is 0 Å². The van der Waals surface area contributed by atoms with Crippen molar-refractivity contribution in [3.05, 3.63) is 58.6 Å². The molecule has 1 aliphatic heterocycles. The maximum atomic E-state index is 12.7. The normalized spacial score (nSPS) is 15.2. The zero-order valence-corrected chi connectivity index (χ0v) is 18.1. The Morgan fingerprint density at radius 2 is 1.73 bits per heavy atom. The summed E-state index contributed by atoms with van der Waals surface area (Å²) in [6.45, 7) is 0.829. The highest BCUT2D eigenvalue weighted by Gasteiger charge is 2.30. The molecule has 8 nitrogen and oxygen atoms in total. The summed E-state index contributed by atoms with van der Waals surface area (Å²) in [7, 11) is -3.68. The Bertz CT molecular complexity index is 1340. The fraction of sp³-hybridized carbons (Fsp3) is 0.333. The van der Waals surface area contributed by atoms with Gasteiger partial charge in [0.15, 0.2) is 5.58 Å². The molecule has 0 aliphatic carbocycles. The van der Waals surface area contributed by atoms with Crippen LogP contribution in [0.4, 0.5) is 18.9 Å². The predicted octanol–water partition coefficient (Wildman–Crippen LogP) is 3.43. The van der Waals surface area contributed by atoms with Crippen LogP contribution in [-0.4, -0.2) is 36.3 Å². The van der Waals surface area contributed by atoms with Gasteiger partial charge < -0.3 is 9.73 Å². The summed E-state index contributed by atoms with van der Waals surface area (Å²) in [4.78, 5) is 24.5. The van der Waals surface area contributed by atoms with E-state index in [1.54, 1.807) is 0 Å². The molecule has 2 heterocycles. The minimum absolute atomic E-state index is 0.0258. The van der Waals surface area contributed by atoms with Gasteiger partial charge in [0, 0.05) is 37.8 Å². The van der Waals surface area contributed by atoms with Gasteiger partial charge in [-0.1, -0.05) is 0 Å². The van der Waals surface area contributed by atoms with Crippen molar-refractivity contribution in [3.8, 4) is 0 Å². The Labute approximate surface area is 186 Å². The molecule has 1 amide bonds. The van der Waals surface area contributed by atoms with E-state index in [0.29, 0.717) is 18.6 Å². The molecule has 1 aromatic heterocycles. The van der Waals surface area contributed by atoms with Crippen molar-refractivity contribution >= 4 is 32.7 Å². The van der Waals surface area contributed by atoms with Crippen LogP contribution < -0.4 is 11.1 Å². The fourth-order valence-corrected chi connectivity index (χ4v) is 5.21. The number of halogens is 3. The molecule has 0 unspecified atom stereocenters. The predicted molar refractivity (Wildman–Crippen MR) is 113 cm³/mol. The number of anilines is 1. The monoisotopic (exact) mass is 483 g/mol. The Balaban J connectivity index is 1.46. The molecule has 0 saturated carbocycles. The van der Waals surface area contributed by atoms with E-state index in [9.17, 15) is 31.2 Å². The summed E-state index contributed by atoms with van der Waals surface area (Å²) < 4.78 is 71.1. The molecule has 0 bridgehead atoms.